The van der Waals surface area contributed by atoms with Gasteiger partial charge in [0.25, 0.3) is 11.9 Å². The van der Waals surface area contributed by atoms with Crippen LogP contribution in [0.25, 0.3) is 0 Å². The first-order chi connectivity index (χ1) is 5.94. The fourth-order valence-electron chi connectivity index (χ4n) is 1.24. The van der Waals surface area contributed by atoms with Crippen LogP contribution in [-0.4, -0.2) is 17.5 Å². The molecule has 1 aliphatic rings. The van der Waals surface area contributed by atoms with E-state index >= 15 is 0 Å². The lowest BCUT2D eigenvalue weighted by Crippen LogP contribution is -2.35. The summed E-state index contributed by atoms with van der Waals surface area (Å²) >= 11 is 0. The van der Waals surface area contributed by atoms with Gasteiger partial charge in [0, 0.05) is 0 Å². The van der Waals surface area contributed by atoms with Crippen LogP contribution in [0.1, 0.15) is 33.6 Å². The molecule has 2 N–H and O–H groups in total. The molecule has 0 aromatic heterocycles. The van der Waals surface area contributed by atoms with Crippen molar-refractivity contribution in [3.05, 3.63) is 0 Å². The molecule has 1 rings (SSSR count). The van der Waals surface area contributed by atoms with Gasteiger partial charge in [-0.2, -0.15) is 4.99 Å². The average molecular weight is 184 g/mol. The largest absolute Gasteiger partial charge is 0.449 e. The standard InChI is InChI=1S/C9H16N2O2/c1-6(2)4-5-9(3)7(12)11-8(10)13-9/h6H,4-5H2,1-3H3,(H2,10,11,12). The Balaban J connectivity index is 2.54. The summed E-state index contributed by atoms with van der Waals surface area (Å²) in [4.78, 5) is 14.9. The first kappa shape index (κ1) is 10.0. The van der Waals surface area contributed by atoms with E-state index < -0.39 is 5.60 Å². The Hall–Kier alpha value is -1.06. The van der Waals surface area contributed by atoms with Crippen molar-refractivity contribution in [1.29, 1.82) is 0 Å². The van der Waals surface area contributed by atoms with Crippen molar-refractivity contribution in [2.24, 2.45) is 16.6 Å². The average Bonchev–Trinajstić information content (AvgIpc) is 2.23. The Bertz CT molecular complexity index is 248. The Morgan fingerprint density at radius 2 is 2.23 bits per heavy atom. The molecular weight excluding hydrogens is 168 g/mol. The van der Waals surface area contributed by atoms with Gasteiger partial charge in [-0.1, -0.05) is 13.8 Å². The summed E-state index contributed by atoms with van der Waals surface area (Å²) in [6, 6.07) is -0.00347. The van der Waals surface area contributed by atoms with Crippen LogP contribution in [0.3, 0.4) is 0 Å². The summed E-state index contributed by atoms with van der Waals surface area (Å²) in [5.74, 6) is 0.292. The SMILES string of the molecule is CC(C)CCC1(C)OC(N)=NC1=O. The molecule has 0 aromatic carbocycles. The zero-order chi connectivity index (χ0) is 10.1. The fourth-order valence-corrected chi connectivity index (χ4v) is 1.24. The van der Waals surface area contributed by atoms with E-state index in [4.69, 9.17) is 10.5 Å². The fraction of sp³-hybridized carbons (Fsp3) is 0.778. The van der Waals surface area contributed by atoms with Gasteiger partial charge >= 0.3 is 0 Å². The summed E-state index contributed by atoms with van der Waals surface area (Å²) in [5.41, 5.74) is 4.50. The number of ether oxygens (including phenoxy) is 1. The van der Waals surface area contributed by atoms with Crippen LogP contribution in [-0.2, 0) is 9.53 Å². The summed E-state index contributed by atoms with van der Waals surface area (Å²) in [5, 5.41) is 0. The van der Waals surface area contributed by atoms with Crippen molar-refractivity contribution in [3.8, 4) is 0 Å². The van der Waals surface area contributed by atoms with Crippen molar-refractivity contribution in [2.75, 3.05) is 0 Å². The van der Waals surface area contributed by atoms with E-state index in [0.29, 0.717) is 12.3 Å². The number of carbonyl (C=O) groups excluding carboxylic acids is 1. The third-order valence-electron chi connectivity index (χ3n) is 2.19. The monoisotopic (exact) mass is 184 g/mol. The van der Waals surface area contributed by atoms with Gasteiger partial charge in [0.05, 0.1) is 0 Å². The lowest BCUT2D eigenvalue weighted by Gasteiger charge is -2.21. The van der Waals surface area contributed by atoms with E-state index in [2.05, 4.69) is 18.8 Å². The van der Waals surface area contributed by atoms with Crippen molar-refractivity contribution in [2.45, 2.75) is 39.2 Å². The summed E-state index contributed by atoms with van der Waals surface area (Å²) in [6.07, 6.45) is 1.61. The highest BCUT2D eigenvalue weighted by molar-refractivity contribution is 6.00. The Morgan fingerprint density at radius 3 is 2.62 bits per heavy atom. The normalized spacial score (nSPS) is 27.7. The van der Waals surface area contributed by atoms with Gasteiger partial charge in [0.15, 0.2) is 5.60 Å². The van der Waals surface area contributed by atoms with Gasteiger partial charge in [0.2, 0.25) is 0 Å². The number of aliphatic imine (C=N–C) groups is 1. The number of hydrogen-bond acceptors (Lipinski definition) is 3. The third-order valence-corrected chi connectivity index (χ3v) is 2.19. The number of nitrogens with zero attached hydrogens (tertiary/aromatic N) is 1. The van der Waals surface area contributed by atoms with Crippen LogP contribution in [0.4, 0.5) is 0 Å². The number of hydrogen-bond donors (Lipinski definition) is 1. The smallest absolute Gasteiger partial charge is 0.294 e. The maximum Gasteiger partial charge on any atom is 0.294 e. The van der Waals surface area contributed by atoms with Gasteiger partial charge < -0.3 is 10.5 Å². The molecule has 0 aliphatic carbocycles. The molecule has 13 heavy (non-hydrogen) atoms. The Kier molecular flexibility index (Phi) is 2.59. The molecule has 0 fully saturated rings. The highest BCUT2D eigenvalue weighted by Crippen LogP contribution is 2.25. The van der Waals surface area contributed by atoms with Gasteiger partial charge in [-0.3, -0.25) is 4.79 Å². The third kappa shape index (κ3) is 2.20. The number of amides is 1. The molecule has 1 heterocycles. The van der Waals surface area contributed by atoms with E-state index in [9.17, 15) is 4.79 Å². The first-order valence-electron chi connectivity index (χ1n) is 4.51. The number of carbonyl (C=O) groups is 1. The van der Waals surface area contributed by atoms with Crippen LogP contribution in [0.5, 0.6) is 0 Å². The van der Waals surface area contributed by atoms with Crippen molar-refractivity contribution in [3.63, 3.8) is 0 Å². The first-order valence-corrected chi connectivity index (χ1v) is 4.51. The maximum absolute atomic E-state index is 11.3. The maximum atomic E-state index is 11.3. The molecule has 4 heteroatoms. The molecule has 4 nitrogen and oxygen atoms in total. The molecule has 0 radical (unpaired) electrons. The van der Waals surface area contributed by atoms with Crippen LogP contribution < -0.4 is 5.73 Å². The van der Waals surface area contributed by atoms with E-state index in [1.165, 1.54) is 0 Å². The Morgan fingerprint density at radius 1 is 1.62 bits per heavy atom. The van der Waals surface area contributed by atoms with Crippen LogP contribution in [0, 0.1) is 5.92 Å². The second kappa shape index (κ2) is 3.36. The number of nitrogens with two attached hydrogens (primary N) is 1. The second-order valence-corrected chi connectivity index (χ2v) is 4.02. The lowest BCUT2D eigenvalue weighted by atomic mass is 9.95. The highest BCUT2D eigenvalue weighted by Gasteiger charge is 2.40. The zero-order valence-electron chi connectivity index (χ0n) is 8.33. The summed E-state index contributed by atoms with van der Waals surface area (Å²) in [6.45, 7) is 5.95. The molecule has 0 saturated heterocycles. The van der Waals surface area contributed by atoms with Crippen LogP contribution in [0.2, 0.25) is 0 Å². The van der Waals surface area contributed by atoms with Gasteiger partial charge in [-0.15, -0.1) is 0 Å². The van der Waals surface area contributed by atoms with E-state index in [1.54, 1.807) is 6.92 Å². The number of rotatable bonds is 3. The Labute approximate surface area is 78.2 Å². The molecule has 0 spiro atoms. The number of amidine groups is 1. The van der Waals surface area contributed by atoms with Crippen LogP contribution in [0.15, 0.2) is 4.99 Å². The molecule has 1 atom stereocenters. The second-order valence-electron chi connectivity index (χ2n) is 4.02. The van der Waals surface area contributed by atoms with Gasteiger partial charge in [-0.05, 0) is 25.7 Å². The minimum atomic E-state index is -0.811. The van der Waals surface area contributed by atoms with Gasteiger partial charge in [0.1, 0.15) is 0 Å². The predicted octanol–water partition coefficient (Wildman–Crippen LogP) is 1.05. The minimum Gasteiger partial charge on any atom is -0.449 e. The quantitative estimate of drug-likeness (QED) is 0.713. The molecule has 0 bridgehead atoms. The van der Waals surface area contributed by atoms with E-state index in [1.807, 2.05) is 0 Å². The van der Waals surface area contributed by atoms with E-state index in [0.717, 1.165) is 6.42 Å². The molecule has 1 aliphatic heterocycles. The molecule has 1 amide bonds. The van der Waals surface area contributed by atoms with Crippen LogP contribution >= 0.6 is 0 Å². The summed E-state index contributed by atoms with van der Waals surface area (Å²) < 4.78 is 5.19. The lowest BCUT2D eigenvalue weighted by molar-refractivity contribution is -0.130. The predicted molar refractivity (Wildman–Crippen MR) is 50.2 cm³/mol. The van der Waals surface area contributed by atoms with Crippen molar-refractivity contribution >= 4 is 11.9 Å². The van der Waals surface area contributed by atoms with Crippen molar-refractivity contribution in [1.82, 2.24) is 0 Å². The molecule has 0 saturated carbocycles. The summed E-state index contributed by atoms with van der Waals surface area (Å²) in [7, 11) is 0. The topological polar surface area (TPSA) is 64.7 Å². The molecular formula is C9H16N2O2. The minimum absolute atomic E-state index is 0.00347. The zero-order valence-corrected chi connectivity index (χ0v) is 8.33. The van der Waals surface area contributed by atoms with Crippen molar-refractivity contribution < 1.29 is 9.53 Å². The molecule has 0 aromatic rings. The highest BCUT2D eigenvalue weighted by atomic mass is 16.5. The van der Waals surface area contributed by atoms with Gasteiger partial charge in [-0.25, -0.2) is 0 Å². The van der Waals surface area contributed by atoms with E-state index in [-0.39, 0.29) is 11.9 Å². The molecule has 1 unspecified atom stereocenters. The molecule has 74 valence electrons.